The van der Waals surface area contributed by atoms with Gasteiger partial charge in [-0.1, -0.05) is 53.5 Å². The molecule has 0 fully saturated rings. The first-order chi connectivity index (χ1) is 16.3. The van der Waals surface area contributed by atoms with Gasteiger partial charge in [-0.15, -0.1) is 0 Å². The highest BCUT2D eigenvalue weighted by Gasteiger charge is 2.17. The number of carbonyl (C=O) groups is 2. The number of aromatic carboxylic acids is 1. The summed E-state index contributed by atoms with van der Waals surface area (Å²) >= 11 is 12.0. The van der Waals surface area contributed by atoms with E-state index in [2.05, 4.69) is 5.32 Å². The monoisotopic (exact) mass is 496 g/mol. The first kappa shape index (κ1) is 24.6. The van der Waals surface area contributed by atoms with E-state index < -0.39 is 11.9 Å². The van der Waals surface area contributed by atoms with Crippen molar-refractivity contribution in [2.45, 2.75) is 6.61 Å². The van der Waals surface area contributed by atoms with Crippen molar-refractivity contribution in [1.82, 2.24) is 0 Å². The fraction of sp³-hybridized carbons (Fsp3) is 0.0800. The van der Waals surface area contributed by atoms with Crippen LogP contribution in [0.4, 0.5) is 5.69 Å². The second-order valence-electron chi connectivity index (χ2n) is 6.89. The molecule has 0 radical (unpaired) electrons. The summed E-state index contributed by atoms with van der Waals surface area (Å²) in [7, 11) is 1.47. The van der Waals surface area contributed by atoms with Crippen LogP contribution in [0.15, 0.2) is 66.2 Å². The van der Waals surface area contributed by atoms with E-state index in [1.807, 2.05) is 6.07 Å². The summed E-state index contributed by atoms with van der Waals surface area (Å²) in [6, 6.07) is 17.8. The molecule has 9 heteroatoms. The van der Waals surface area contributed by atoms with E-state index in [1.54, 1.807) is 42.5 Å². The smallest absolute Gasteiger partial charge is 0.337 e. The number of amides is 1. The van der Waals surface area contributed by atoms with Gasteiger partial charge in [-0.05, 0) is 42.0 Å². The number of ether oxygens (including phenoxy) is 2. The molecule has 1 amide bonds. The summed E-state index contributed by atoms with van der Waals surface area (Å²) in [5, 5.41) is 22.2. The maximum Gasteiger partial charge on any atom is 0.337 e. The van der Waals surface area contributed by atoms with Gasteiger partial charge >= 0.3 is 5.97 Å². The minimum Gasteiger partial charge on any atom is -0.493 e. The van der Waals surface area contributed by atoms with Gasteiger partial charge in [-0.25, -0.2) is 4.79 Å². The molecule has 0 bridgehead atoms. The Bertz CT molecular complexity index is 1310. The van der Waals surface area contributed by atoms with E-state index in [0.29, 0.717) is 27.1 Å². The van der Waals surface area contributed by atoms with Crippen molar-refractivity contribution in [3.63, 3.8) is 0 Å². The Kier molecular flexibility index (Phi) is 8.14. The number of carboxylic acid groups (broad SMARTS) is 1. The minimum atomic E-state index is -1.20. The Morgan fingerprint density at radius 1 is 1.09 bits per heavy atom. The molecule has 3 rings (SSSR count). The van der Waals surface area contributed by atoms with Gasteiger partial charge in [-0.3, -0.25) is 4.79 Å². The molecular weight excluding hydrogens is 479 g/mol. The molecule has 0 atom stereocenters. The van der Waals surface area contributed by atoms with Crippen LogP contribution < -0.4 is 14.8 Å². The number of methoxy groups -OCH3 is 1. The first-order valence-corrected chi connectivity index (χ1v) is 10.6. The van der Waals surface area contributed by atoms with Crippen molar-refractivity contribution in [3.05, 3.63) is 93.0 Å². The third kappa shape index (κ3) is 5.87. The van der Waals surface area contributed by atoms with Gasteiger partial charge < -0.3 is 19.9 Å². The Balaban J connectivity index is 1.91. The summed E-state index contributed by atoms with van der Waals surface area (Å²) in [5.74, 6) is -1.27. The molecule has 0 aliphatic carbocycles. The number of para-hydroxylation sites is 2. The van der Waals surface area contributed by atoms with Crippen molar-refractivity contribution >= 4 is 46.8 Å². The zero-order chi connectivity index (χ0) is 24.7. The van der Waals surface area contributed by atoms with Crippen LogP contribution in [0.25, 0.3) is 6.08 Å². The SMILES string of the molecule is COc1cccc(/C=C(\C#N)C(=O)Nc2ccccc2C(=O)O)c1OCc1ccc(Cl)c(Cl)c1. The molecule has 0 aliphatic heterocycles. The van der Waals surface area contributed by atoms with Crippen molar-refractivity contribution in [1.29, 1.82) is 5.26 Å². The summed E-state index contributed by atoms with van der Waals surface area (Å²) in [6.07, 6.45) is 1.34. The normalized spacial score (nSPS) is 10.8. The van der Waals surface area contributed by atoms with Gasteiger partial charge in [0.2, 0.25) is 0 Å². The summed E-state index contributed by atoms with van der Waals surface area (Å²) < 4.78 is 11.3. The lowest BCUT2D eigenvalue weighted by atomic mass is 10.1. The Morgan fingerprint density at radius 3 is 2.53 bits per heavy atom. The number of hydrogen-bond acceptors (Lipinski definition) is 5. The number of benzene rings is 3. The molecule has 0 aliphatic rings. The number of rotatable bonds is 8. The molecule has 3 aromatic carbocycles. The number of nitrogens with zero attached hydrogens (tertiary/aromatic N) is 1. The molecule has 34 heavy (non-hydrogen) atoms. The molecule has 0 saturated carbocycles. The van der Waals surface area contributed by atoms with Crippen LogP contribution >= 0.6 is 23.2 Å². The van der Waals surface area contributed by atoms with Crippen molar-refractivity contribution in [2.24, 2.45) is 0 Å². The molecule has 0 spiro atoms. The molecule has 0 unspecified atom stereocenters. The summed E-state index contributed by atoms with van der Waals surface area (Å²) in [4.78, 5) is 24.1. The number of carboxylic acids is 1. The lowest BCUT2D eigenvalue weighted by Crippen LogP contribution is -2.16. The van der Waals surface area contributed by atoms with Gasteiger partial charge in [0.1, 0.15) is 18.2 Å². The van der Waals surface area contributed by atoms with Gasteiger partial charge in [0.25, 0.3) is 5.91 Å². The van der Waals surface area contributed by atoms with Crippen LogP contribution in [-0.2, 0) is 11.4 Å². The van der Waals surface area contributed by atoms with Crippen LogP contribution in [0.2, 0.25) is 10.0 Å². The maximum atomic E-state index is 12.7. The summed E-state index contributed by atoms with van der Waals surface area (Å²) in [5.41, 5.74) is 0.882. The van der Waals surface area contributed by atoms with E-state index in [-0.39, 0.29) is 23.4 Å². The van der Waals surface area contributed by atoms with Gasteiger partial charge in [0.05, 0.1) is 28.4 Å². The van der Waals surface area contributed by atoms with Gasteiger partial charge in [0, 0.05) is 5.56 Å². The van der Waals surface area contributed by atoms with Crippen LogP contribution in [0.1, 0.15) is 21.5 Å². The highest BCUT2D eigenvalue weighted by atomic mass is 35.5. The maximum absolute atomic E-state index is 12.7. The number of nitrogens with one attached hydrogen (secondary N) is 1. The molecule has 7 nitrogen and oxygen atoms in total. The number of nitriles is 1. The Hall–Kier alpha value is -3.99. The minimum absolute atomic E-state index is 0.0721. The molecule has 3 aromatic rings. The van der Waals surface area contributed by atoms with Crippen molar-refractivity contribution in [3.8, 4) is 17.6 Å². The fourth-order valence-corrected chi connectivity index (χ4v) is 3.34. The standard InChI is InChI=1S/C25H18Cl2N2O5/c1-33-22-8-4-5-16(23(22)34-14-15-9-10-19(26)20(27)11-15)12-17(13-28)24(30)29-21-7-3-2-6-18(21)25(31)32/h2-12H,14H2,1H3,(H,29,30)(H,31,32)/b17-12+. The zero-order valence-corrected chi connectivity index (χ0v) is 19.4. The quantitative estimate of drug-likeness (QED) is 0.300. The predicted molar refractivity (Wildman–Crippen MR) is 129 cm³/mol. The lowest BCUT2D eigenvalue weighted by Gasteiger charge is -2.14. The molecular formula is C25H18Cl2N2O5. The van der Waals surface area contributed by atoms with Crippen molar-refractivity contribution in [2.75, 3.05) is 12.4 Å². The third-order valence-corrected chi connectivity index (χ3v) is 5.41. The zero-order valence-electron chi connectivity index (χ0n) is 17.8. The first-order valence-electron chi connectivity index (χ1n) is 9.83. The Morgan fingerprint density at radius 2 is 1.85 bits per heavy atom. The molecule has 0 heterocycles. The van der Waals surface area contributed by atoms with Crippen LogP contribution in [0.5, 0.6) is 11.5 Å². The van der Waals surface area contributed by atoms with Crippen molar-refractivity contribution < 1.29 is 24.2 Å². The molecule has 0 saturated heterocycles. The third-order valence-electron chi connectivity index (χ3n) is 4.67. The van der Waals surface area contributed by atoms with Gasteiger partial charge in [0.15, 0.2) is 11.5 Å². The highest BCUT2D eigenvalue weighted by Crippen LogP contribution is 2.34. The average molecular weight is 497 g/mol. The molecule has 0 aromatic heterocycles. The van der Waals surface area contributed by atoms with Crippen LogP contribution in [0.3, 0.4) is 0 Å². The lowest BCUT2D eigenvalue weighted by molar-refractivity contribution is -0.112. The fourth-order valence-electron chi connectivity index (χ4n) is 3.02. The topological polar surface area (TPSA) is 109 Å². The predicted octanol–water partition coefficient (Wildman–Crippen LogP) is 5.82. The van der Waals surface area contributed by atoms with E-state index in [1.165, 1.54) is 31.4 Å². The largest absolute Gasteiger partial charge is 0.493 e. The molecule has 172 valence electrons. The van der Waals surface area contributed by atoms with Crippen LogP contribution in [0, 0.1) is 11.3 Å². The van der Waals surface area contributed by atoms with E-state index in [0.717, 1.165) is 5.56 Å². The number of carbonyl (C=O) groups excluding carboxylic acids is 1. The van der Waals surface area contributed by atoms with E-state index >= 15 is 0 Å². The number of hydrogen-bond donors (Lipinski definition) is 2. The number of anilines is 1. The Labute approximate surface area is 205 Å². The second-order valence-corrected chi connectivity index (χ2v) is 7.70. The average Bonchev–Trinajstić information content (AvgIpc) is 2.83. The van der Waals surface area contributed by atoms with Gasteiger partial charge in [-0.2, -0.15) is 5.26 Å². The van der Waals surface area contributed by atoms with Crippen LogP contribution in [-0.4, -0.2) is 24.1 Å². The summed E-state index contributed by atoms with van der Waals surface area (Å²) in [6.45, 7) is 0.123. The second kappa shape index (κ2) is 11.2. The molecule has 2 N–H and O–H groups in total. The van der Waals surface area contributed by atoms with E-state index in [9.17, 15) is 20.0 Å². The number of halogens is 2. The van der Waals surface area contributed by atoms with E-state index in [4.69, 9.17) is 32.7 Å². The highest BCUT2D eigenvalue weighted by molar-refractivity contribution is 6.42.